The van der Waals surface area contributed by atoms with Gasteiger partial charge in [-0.3, -0.25) is 0 Å². The molecule has 116 valence electrons. The topological polar surface area (TPSA) is 26.3 Å². The molecule has 2 nitrogen and oxygen atoms in total. The van der Waals surface area contributed by atoms with Crippen molar-refractivity contribution in [3.05, 3.63) is 66.2 Å². The van der Waals surface area contributed by atoms with E-state index >= 15 is 0 Å². The van der Waals surface area contributed by atoms with Crippen LogP contribution >= 0.6 is 0 Å². The van der Waals surface area contributed by atoms with Crippen molar-refractivity contribution in [3.63, 3.8) is 0 Å². The lowest BCUT2D eigenvalue weighted by Crippen LogP contribution is -2.49. The lowest BCUT2D eigenvalue weighted by Gasteiger charge is -2.34. The fraction of sp³-hybridized carbons (Fsp3) is 0.316. The average Bonchev–Trinajstić information content (AvgIpc) is 2.55. The normalized spacial score (nSPS) is 14.2. The minimum atomic E-state index is -1.69. The summed E-state index contributed by atoms with van der Waals surface area (Å²) in [6, 6.07) is 19.8. The Morgan fingerprint density at radius 2 is 1.41 bits per heavy atom. The lowest BCUT2D eigenvalue weighted by atomic mass is 10.2. The van der Waals surface area contributed by atoms with Crippen LogP contribution in [0.15, 0.2) is 60.7 Å². The first-order valence-electron chi connectivity index (χ1n) is 7.74. The highest BCUT2D eigenvalue weighted by atomic mass is 28.3. The number of carbonyl (C=O) groups excluding carboxylic acids is 1. The van der Waals surface area contributed by atoms with Gasteiger partial charge >= 0.3 is 5.97 Å². The number of rotatable bonds is 5. The molecule has 0 saturated carbocycles. The first-order chi connectivity index (χ1) is 10.4. The Hall–Kier alpha value is -1.87. The summed E-state index contributed by atoms with van der Waals surface area (Å²) in [7, 11) is -1.69. The standard InChI is InChI=1S/C19H24O2Si/c1-15(21-19(20)17-11-7-5-8-12-17)16(2)22(3,4)18-13-9-6-10-14-18/h5-16H,1-4H3/t15-,16-/m0/s1. The zero-order valence-corrected chi connectivity index (χ0v) is 14.7. The number of ether oxygens (including phenoxy) is 1. The summed E-state index contributed by atoms with van der Waals surface area (Å²) in [6.07, 6.45) is -0.102. The number of hydrogen-bond donors (Lipinski definition) is 0. The maximum Gasteiger partial charge on any atom is 0.338 e. The maximum absolute atomic E-state index is 12.2. The molecule has 0 N–H and O–H groups in total. The van der Waals surface area contributed by atoms with Crippen LogP contribution in [0.5, 0.6) is 0 Å². The number of esters is 1. The fourth-order valence-electron chi connectivity index (χ4n) is 2.63. The first kappa shape index (κ1) is 16.5. The Morgan fingerprint density at radius 3 is 1.95 bits per heavy atom. The van der Waals surface area contributed by atoms with Gasteiger partial charge in [0, 0.05) is 0 Å². The molecule has 0 aliphatic carbocycles. The molecule has 0 saturated heterocycles. The SMILES string of the molecule is C[C@H](OC(=O)c1ccccc1)[C@H](C)[Si](C)(C)c1ccccc1. The lowest BCUT2D eigenvalue weighted by molar-refractivity contribution is 0.0331. The van der Waals surface area contributed by atoms with E-state index in [1.54, 1.807) is 12.1 Å². The maximum atomic E-state index is 12.2. The summed E-state index contributed by atoms with van der Waals surface area (Å²) >= 11 is 0. The van der Waals surface area contributed by atoms with Crippen molar-refractivity contribution in [1.29, 1.82) is 0 Å². The monoisotopic (exact) mass is 312 g/mol. The predicted molar refractivity (Wildman–Crippen MR) is 94.3 cm³/mol. The van der Waals surface area contributed by atoms with Gasteiger partial charge in [0.15, 0.2) is 0 Å². The van der Waals surface area contributed by atoms with Gasteiger partial charge in [-0.1, -0.05) is 73.7 Å². The Bertz CT molecular complexity index is 608. The van der Waals surface area contributed by atoms with Gasteiger partial charge in [-0.2, -0.15) is 0 Å². The van der Waals surface area contributed by atoms with Gasteiger partial charge in [0.05, 0.1) is 19.7 Å². The highest BCUT2D eigenvalue weighted by Gasteiger charge is 2.35. The van der Waals surface area contributed by atoms with Crippen LogP contribution in [-0.2, 0) is 4.74 Å². The van der Waals surface area contributed by atoms with Crippen LogP contribution in [0.2, 0.25) is 18.6 Å². The van der Waals surface area contributed by atoms with E-state index in [0.717, 1.165) is 0 Å². The minimum absolute atomic E-state index is 0.102. The molecule has 2 atom stereocenters. The van der Waals surface area contributed by atoms with Gasteiger partial charge < -0.3 is 4.74 Å². The van der Waals surface area contributed by atoms with E-state index in [0.29, 0.717) is 11.1 Å². The Labute approximate surface area is 134 Å². The van der Waals surface area contributed by atoms with Gasteiger partial charge in [-0.05, 0) is 24.6 Å². The van der Waals surface area contributed by atoms with Crippen molar-refractivity contribution in [2.24, 2.45) is 0 Å². The van der Waals surface area contributed by atoms with E-state index in [-0.39, 0.29) is 12.1 Å². The summed E-state index contributed by atoms with van der Waals surface area (Å²) in [5, 5.41) is 1.39. The van der Waals surface area contributed by atoms with Crippen molar-refractivity contribution in [1.82, 2.24) is 0 Å². The Balaban J connectivity index is 2.09. The molecule has 0 bridgehead atoms. The van der Waals surface area contributed by atoms with Gasteiger partial charge in [-0.25, -0.2) is 4.79 Å². The summed E-state index contributed by atoms with van der Waals surface area (Å²) in [5.74, 6) is -0.238. The second kappa shape index (κ2) is 6.92. The second-order valence-electron chi connectivity index (χ2n) is 6.35. The van der Waals surface area contributed by atoms with E-state index in [1.165, 1.54) is 5.19 Å². The fourth-order valence-corrected chi connectivity index (χ4v) is 5.45. The molecule has 2 aromatic carbocycles. The molecule has 0 aliphatic rings. The van der Waals surface area contributed by atoms with Crippen LogP contribution in [0.4, 0.5) is 0 Å². The third-order valence-electron chi connectivity index (χ3n) is 4.66. The summed E-state index contributed by atoms with van der Waals surface area (Å²) < 4.78 is 5.70. The first-order valence-corrected chi connectivity index (χ1v) is 10.8. The van der Waals surface area contributed by atoms with Crippen molar-refractivity contribution >= 4 is 19.2 Å². The molecule has 22 heavy (non-hydrogen) atoms. The van der Waals surface area contributed by atoms with Crippen LogP contribution in [0.25, 0.3) is 0 Å². The van der Waals surface area contributed by atoms with E-state index < -0.39 is 8.07 Å². The van der Waals surface area contributed by atoms with E-state index in [2.05, 4.69) is 44.3 Å². The van der Waals surface area contributed by atoms with Crippen LogP contribution in [0.3, 0.4) is 0 Å². The van der Waals surface area contributed by atoms with Crippen LogP contribution in [0, 0.1) is 0 Å². The highest BCUT2D eigenvalue weighted by Crippen LogP contribution is 2.27. The average molecular weight is 312 g/mol. The number of hydrogen-bond acceptors (Lipinski definition) is 2. The van der Waals surface area contributed by atoms with E-state index in [9.17, 15) is 4.79 Å². The van der Waals surface area contributed by atoms with Crippen LogP contribution in [-0.4, -0.2) is 20.1 Å². The summed E-state index contributed by atoms with van der Waals surface area (Å²) in [5.41, 5.74) is 0.947. The van der Waals surface area contributed by atoms with Crippen molar-refractivity contribution in [3.8, 4) is 0 Å². The molecule has 0 amide bonds. The van der Waals surface area contributed by atoms with Gasteiger partial charge in [0.25, 0.3) is 0 Å². The molecule has 0 aromatic heterocycles. The number of carbonyl (C=O) groups is 1. The summed E-state index contributed by atoms with van der Waals surface area (Å²) in [4.78, 5) is 12.2. The van der Waals surface area contributed by atoms with Gasteiger partial charge in [-0.15, -0.1) is 0 Å². The molecule has 0 fully saturated rings. The molecule has 0 unspecified atom stereocenters. The third kappa shape index (κ3) is 3.66. The molecule has 2 aromatic rings. The highest BCUT2D eigenvalue weighted by molar-refractivity contribution is 6.91. The largest absolute Gasteiger partial charge is 0.459 e. The molecule has 0 radical (unpaired) electrons. The van der Waals surface area contributed by atoms with Gasteiger partial charge in [0.1, 0.15) is 0 Å². The third-order valence-corrected chi connectivity index (χ3v) is 9.23. The van der Waals surface area contributed by atoms with Crippen molar-refractivity contribution in [2.75, 3.05) is 0 Å². The molecule has 2 rings (SSSR count). The summed E-state index contributed by atoms with van der Waals surface area (Å²) in [6.45, 7) is 8.87. The van der Waals surface area contributed by atoms with Crippen molar-refractivity contribution in [2.45, 2.75) is 38.6 Å². The second-order valence-corrected chi connectivity index (χ2v) is 11.3. The molecule has 0 spiro atoms. The van der Waals surface area contributed by atoms with Crippen LogP contribution in [0.1, 0.15) is 24.2 Å². The predicted octanol–water partition coefficient (Wildman–Crippen LogP) is 4.24. The molecule has 3 heteroatoms. The smallest absolute Gasteiger partial charge is 0.338 e. The quantitative estimate of drug-likeness (QED) is 0.610. The molecule has 0 aliphatic heterocycles. The van der Waals surface area contributed by atoms with Crippen molar-refractivity contribution < 1.29 is 9.53 Å². The van der Waals surface area contributed by atoms with Crippen LogP contribution < -0.4 is 5.19 Å². The molecular formula is C19H24O2Si. The minimum Gasteiger partial charge on any atom is -0.459 e. The molecular weight excluding hydrogens is 288 g/mol. The van der Waals surface area contributed by atoms with E-state index in [4.69, 9.17) is 4.74 Å². The Morgan fingerprint density at radius 1 is 0.909 bits per heavy atom. The molecule has 0 heterocycles. The zero-order chi connectivity index (χ0) is 16.2. The Kier molecular flexibility index (Phi) is 5.19. The number of benzene rings is 2. The zero-order valence-electron chi connectivity index (χ0n) is 13.7. The van der Waals surface area contributed by atoms with E-state index in [1.807, 2.05) is 31.2 Å². The van der Waals surface area contributed by atoms with Gasteiger partial charge in [0.2, 0.25) is 0 Å².